The molecule has 2 rings (SSSR count). The minimum atomic E-state index is -0.415. The van der Waals surface area contributed by atoms with Gasteiger partial charge in [0.1, 0.15) is 0 Å². The largest absolute Gasteiger partial charge is 0.450 e. The first-order chi connectivity index (χ1) is 7.69. The van der Waals surface area contributed by atoms with Crippen molar-refractivity contribution in [2.45, 2.75) is 33.1 Å². The summed E-state index contributed by atoms with van der Waals surface area (Å²) in [5.74, 6) is 0.725. The van der Waals surface area contributed by atoms with E-state index in [1.807, 2.05) is 0 Å². The molecule has 1 aliphatic carbocycles. The smallest absolute Gasteiger partial charge is 0.413 e. The highest BCUT2D eigenvalue weighted by Crippen LogP contribution is 2.32. The Morgan fingerprint density at radius 3 is 3.25 bits per heavy atom. The van der Waals surface area contributed by atoms with Crippen LogP contribution in [0.3, 0.4) is 0 Å². The molecule has 1 aliphatic rings. The Morgan fingerprint density at radius 2 is 2.50 bits per heavy atom. The van der Waals surface area contributed by atoms with Gasteiger partial charge in [-0.2, -0.15) is 0 Å². The van der Waals surface area contributed by atoms with Crippen molar-refractivity contribution in [2.75, 3.05) is 11.9 Å². The van der Waals surface area contributed by atoms with Crippen LogP contribution in [0, 0.1) is 5.92 Å². The fourth-order valence-electron chi connectivity index (χ4n) is 1.85. The van der Waals surface area contributed by atoms with Gasteiger partial charge in [0.15, 0.2) is 5.13 Å². The minimum Gasteiger partial charge on any atom is -0.450 e. The standard InChI is InChI=1S/C11H16N2O2S/c1-3-15-11(14)13-10-12-8-5-4-7(2)6-9(8)16-10/h7H,3-6H2,1-2H3,(H,12,13,14)/t7-/m1/s1. The number of fused-ring (bicyclic) bond motifs is 1. The van der Waals surface area contributed by atoms with E-state index in [1.54, 1.807) is 18.3 Å². The van der Waals surface area contributed by atoms with Crippen LogP contribution < -0.4 is 5.32 Å². The third-order valence-corrected chi connectivity index (χ3v) is 3.71. The van der Waals surface area contributed by atoms with Crippen LogP contribution >= 0.6 is 11.3 Å². The molecule has 0 spiro atoms. The number of thiazole rings is 1. The van der Waals surface area contributed by atoms with Gasteiger partial charge in [0, 0.05) is 4.88 Å². The van der Waals surface area contributed by atoms with Crippen molar-refractivity contribution < 1.29 is 9.53 Å². The molecule has 88 valence electrons. The lowest BCUT2D eigenvalue weighted by molar-refractivity contribution is 0.168. The SMILES string of the molecule is CCOC(=O)Nc1nc2c(s1)C[C@H](C)CC2. The molecule has 1 atom stereocenters. The van der Waals surface area contributed by atoms with E-state index in [9.17, 15) is 4.79 Å². The lowest BCUT2D eigenvalue weighted by Crippen LogP contribution is -2.13. The second-order valence-electron chi connectivity index (χ2n) is 4.08. The molecule has 16 heavy (non-hydrogen) atoms. The van der Waals surface area contributed by atoms with Crippen LogP contribution in [-0.4, -0.2) is 17.7 Å². The van der Waals surface area contributed by atoms with Gasteiger partial charge >= 0.3 is 6.09 Å². The fourth-order valence-corrected chi connectivity index (χ4v) is 3.00. The summed E-state index contributed by atoms with van der Waals surface area (Å²) in [4.78, 5) is 16.9. The molecule has 1 heterocycles. The average molecular weight is 240 g/mol. The Balaban J connectivity index is 2.04. The molecule has 0 saturated heterocycles. The fraction of sp³-hybridized carbons (Fsp3) is 0.636. The maximum Gasteiger partial charge on any atom is 0.413 e. The van der Waals surface area contributed by atoms with Crippen LogP contribution in [-0.2, 0) is 17.6 Å². The monoisotopic (exact) mass is 240 g/mol. The van der Waals surface area contributed by atoms with Crippen LogP contribution in [0.1, 0.15) is 30.8 Å². The highest BCUT2D eigenvalue weighted by Gasteiger charge is 2.20. The lowest BCUT2D eigenvalue weighted by Gasteiger charge is -2.15. The van der Waals surface area contributed by atoms with Crippen molar-refractivity contribution in [3.05, 3.63) is 10.6 Å². The molecular weight excluding hydrogens is 224 g/mol. The predicted molar refractivity (Wildman–Crippen MR) is 63.9 cm³/mol. The van der Waals surface area contributed by atoms with E-state index in [2.05, 4.69) is 17.2 Å². The maximum atomic E-state index is 11.2. The van der Waals surface area contributed by atoms with Crippen molar-refractivity contribution in [1.82, 2.24) is 4.98 Å². The van der Waals surface area contributed by atoms with Crippen molar-refractivity contribution in [1.29, 1.82) is 0 Å². The molecule has 4 nitrogen and oxygen atoms in total. The number of hydrogen-bond acceptors (Lipinski definition) is 4. The molecule has 1 amide bonds. The molecular formula is C11H16N2O2S. The van der Waals surface area contributed by atoms with E-state index in [0.29, 0.717) is 11.7 Å². The summed E-state index contributed by atoms with van der Waals surface area (Å²) in [6, 6.07) is 0. The molecule has 1 aromatic heterocycles. The van der Waals surface area contributed by atoms with E-state index in [4.69, 9.17) is 4.74 Å². The van der Waals surface area contributed by atoms with Gasteiger partial charge in [-0.15, -0.1) is 11.3 Å². The maximum absolute atomic E-state index is 11.2. The Kier molecular flexibility index (Phi) is 3.43. The van der Waals surface area contributed by atoms with E-state index < -0.39 is 6.09 Å². The summed E-state index contributed by atoms with van der Waals surface area (Å²) < 4.78 is 4.82. The number of rotatable bonds is 2. The van der Waals surface area contributed by atoms with Crippen LogP contribution in [0.25, 0.3) is 0 Å². The van der Waals surface area contributed by atoms with Crippen molar-refractivity contribution >= 4 is 22.6 Å². The third-order valence-electron chi connectivity index (χ3n) is 2.67. The molecule has 0 bridgehead atoms. The Morgan fingerprint density at radius 1 is 1.69 bits per heavy atom. The molecule has 0 radical (unpaired) electrons. The highest BCUT2D eigenvalue weighted by molar-refractivity contribution is 7.15. The van der Waals surface area contributed by atoms with Gasteiger partial charge in [-0.1, -0.05) is 6.92 Å². The van der Waals surface area contributed by atoms with Crippen LogP contribution in [0.15, 0.2) is 0 Å². The van der Waals surface area contributed by atoms with Gasteiger partial charge in [0.05, 0.1) is 12.3 Å². The molecule has 0 aromatic carbocycles. The molecule has 1 N–H and O–H groups in total. The number of nitrogens with one attached hydrogen (secondary N) is 1. The van der Waals surface area contributed by atoms with Crippen LogP contribution in [0.5, 0.6) is 0 Å². The number of ether oxygens (including phenoxy) is 1. The van der Waals surface area contributed by atoms with Gasteiger partial charge in [0.2, 0.25) is 0 Å². The van der Waals surface area contributed by atoms with Gasteiger partial charge in [-0.05, 0) is 32.1 Å². The summed E-state index contributed by atoms with van der Waals surface area (Å²) in [7, 11) is 0. The first-order valence-electron chi connectivity index (χ1n) is 5.61. The third kappa shape index (κ3) is 2.52. The first-order valence-corrected chi connectivity index (χ1v) is 6.43. The number of carbonyl (C=O) groups excluding carboxylic acids is 1. The average Bonchev–Trinajstić information content (AvgIpc) is 2.59. The second-order valence-corrected chi connectivity index (χ2v) is 5.17. The van der Waals surface area contributed by atoms with Crippen LogP contribution in [0.2, 0.25) is 0 Å². The van der Waals surface area contributed by atoms with Gasteiger partial charge < -0.3 is 4.74 Å². The summed E-state index contributed by atoms with van der Waals surface area (Å²) in [5, 5.41) is 3.33. The van der Waals surface area contributed by atoms with Gasteiger partial charge in [-0.3, -0.25) is 5.32 Å². The van der Waals surface area contributed by atoms with Gasteiger partial charge in [-0.25, -0.2) is 9.78 Å². The quantitative estimate of drug-likeness (QED) is 0.864. The first kappa shape index (κ1) is 11.4. The van der Waals surface area contributed by atoms with E-state index in [-0.39, 0.29) is 0 Å². The number of aryl methyl sites for hydroxylation is 1. The summed E-state index contributed by atoms with van der Waals surface area (Å²) in [6.45, 7) is 4.42. The Bertz CT molecular complexity index is 389. The van der Waals surface area contributed by atoms with Crippen molar-refractivity contribution in [2.24, 2.45) is 5.92 Å². The number of aromatic nitrogens is 1. The van der Waals surface area contributed by atoms with E-state index in [1.165, 1.54) is 11.3 Å². The van der Waals surface area contributed by atoms with E-state index >= 15 is 0 Å². The zero-order chi connectivity index (χ0) is 11.5. The number of amides is 1. The van der Waals surface area contributed by atoms with Crippen molar-refractivity contribution in [3.8, 4) is 0 Å². The summed E-state index contributed by atoms with van der Waals surface area (Å²) in [6.07, 6.45) is 2.88. The number of hydrogen-bond donors (Lipinski definition) is 1. The van der Waals surface area contributed by atoms with Crippen LogP contribution in [0.4, 0.5) is 9.93 Å². The molecule has 1 aromatic rings. The van der Waals surface area contributed by atoms with E-state index in [0.717, 1.165) is 24.5 Å². The number of carbonyl (C=O) groups is 1. The highest BCUT2D eigenvalue weighted by atomic mass is 32.1. The summed E-state index contributed by atoms with van der Waals surface area (Å²) in [5.41, 5.74) is 1.15. The van der Waals surface area contributed by atoms with Crippen molar-refractivity contribution in [3.63, 3.8) is 0 Å². The second kappa shape index (κ2) is 4.82. The molecule has 0 saturated carbocycles. The number of nitrogens with zero attached hydrogens (tertiary/aromatic N) is 1. The summed E-state index contributed by atoms with van der Waals surface area (Å²) >= 11 is 1.57. The minimum absolute atomic E-state index is 0.383. The Labute approximate surface area is 99.0 Å². The zero-order valence-corrected chi connectivity index (χ0v) is 10.4. The zero-order valence-electron chi connectivity index (χ0n) is 9.58. The predicted octanol–water partition coefficient (Wildman–Crippen LogP) is 2.84. The molecule has 0 unspecified atom stereocenters. The lowest BCUT2D eigenvalue weighted by atomic mass is 9.93. The topological polar surface area (TPSA) is 51.2 Å². The molecule has 0 aliphatic heterocycles. The van der Waals surface area contributed by atoms with Gasteiger partial charge in [0.25, 0.3) is 0 Å². The molecule has 5 heteroatoms. The Hall–Kier alpha value is -1.10. The normalized spacial score (nSPS) is 19.0. The molecule has 0 fully saturated rings. The number of anilines is 1.